The van der Waals surface area contributed by atoms with Crippen molar-refractivity contribution in [3.05, 3.63) is 119 Å². The molecule has 204 valence electrons. The second-order valence-corrected chi connectivity index (χ2v) is 9.77. The van der Waals surface area contributed by atoms with Crippen molar-refractivity contribution in [2.75, 3.05) is 0 Å². The number of rotatable bonds is 2. The van der Waals surface area contributed by atoms with Crippen LogP contribution in [-0.4, -0.2) is 9.13 Å². The van der Waals surface area contributed by atoms with Gasteiger partial charge in [-0.05, 0) is 36.4 Å². The van der Waals surface area contributed by atoms with E-state index in [9.17, 15) is 29.0 Å². The van der Waals surface area contributed by atoms with E-state index in [2.05, 4.69) is 0 Å². The first-order valence-corrected chi connectivity index (χ1v) is 12.7. The fraction of sp³-hybridized carbons (Fsp3) is 0. The smallest absolute Gasteiger partial charge is 0.200 e. The molecule has 0 atom stereocenters. The van der Waals surface area contributed by atoms with Gasteiger partial charge in [-0.2, -0.15) is 15.8 Å². The molecule has 0 unspecified atom stereocenters. The molecule has 2 aromatic heterocycles. The van der Waals surface area contributed by atoms with Gasteiger partial charge in [0.1, 0.15) is 17.8 Å². The summed E-state index contributed by atoms with van der Waals surface area (Å²) >= 11 is 0. The highest BCUT2D eigenvalue weighted by Crippen LogP contribution is 2.41. The van der Waals surface area contributed by atoms with Crippen molar-refractivity contribution in [3.8, 4) is 29.6 Å². The standard InChI is InChI=1S/C33H12F5N5/c34-27-28(35)30(37)33(31(38)29(27)36)43-24-8-4-2-6-20(24)22-11-21-19-5-1-3-7-23(19)42(25(21)12-26(22)43)32-17(14-40)9-16(13-39)10-18(32)15-41/h1-12H. The number of fused-ring (bicyclic) bond motifs is 6. The van der Waals surface area contributed by atoms with Crippen LogP contribution in [0.2, 0.25) is 0 Å². The van der Waals surface area contributed by atoms with Crippen LogP contribution in [-0.2, 0) is 0 Å². The highest BCUT2D eigenvalue weighted by Gasteiger charge is 2.29. The Balaban J connectivity index is 1.73. The van der Waals surface area contributed by atoms with E-state index >= 15 is 8.78 Å². The van der Waals surface area contributed by atoms with Crippen LogP contribution in [0.3, 0.4) is 0 Å². The maximum Gasteiger partial charge on any atom is 0.200 e. The van der Waals surface area contributed by atoms with E-state index in [0.29, 0.717) is 32.6 Å². The first-order chi connectivity index (χ1) is 20.8. The quantitative estimate of drug-likeness (QED) is 0.119. The second kappa shape index (κ2) is 9.17. The first-order valence-electron chi connectivity index (χ1n) is 12.7. The van der Waals surface area contributed by atoms with Crippen LogP contribution in [0, 0.1) is 63.1 Å². The Labute approximate surface area is 238 Å². The number of nitrogens with zero attached hydrogens (tertiary/aromatic N) is 5. The van der Waals surface area contributed by atoms with Gasteiger partial charge in [-0.3, -0.25) is 0 Å². The lowest BCUT2D eigenvalue weighted by Gasteiger charge is -2.14. The molecule has 0 radical (unpaired) electrons. The number of aromatic nitrogens is 2. The normalized spacial score (nSPS) is 11.3. The molecule has 0 aliphatic heterocycles. The van der Waals surface area contributed by atoms with E-state index in [1.807, 2.05) is 24.3 Å². The summed E-state index contributed by atoms with van der Waals surface area (Å²) in [6.07, 6.45) is 0. The van der Waals surface area contributed by atoms with E-state index in [0.717, 1.165) is 4.57 Å². The molecule has 43 heavy (non-hydrogen) atoms. The third kappa shape index (κ3) is 3.40. The molecule has 0 saturated carbocycles. The molecule has 0 amide bonds. The number of para-hydroxylation sites is 2. The Morgan fingerprint density at radius 2 is 0.884 bits per heavy atom. The minimum absolute atomic E-state index is 0.0265. The van der Waals surface area contributed by atoms with Gasteiger partial charge in [0.15, 0.2) is 23.3 Å². The molecule has 7 aromatic rings. The van der Waals surface area contributed by atoms with Crippen molar-refractivity contribution >= 4 is 43.6 Å². The van der Waals surface area contributed by atoms with Crippen LogP contribution >= 0.6 is 0 Å². The zero-order valence-electron chi connectivity index (χ0n) is 21.6. The molecule has 5 aromatic carbocycles. The summed E-state index contributed by atoms with van der Waals surface area (Å²) in [7, 11) is 0. The van der Waals surface area contributed by atoms with Crippen molar-refractivity contribution in [3.63, 3.8) is 0 Å². The van der Waals surface area contributed by atoms with Gasteiger partial charge in [0.25, 0.3) is 0 Å². The first kappa shape index (κ1) is 25.8. The highest BCUT2D eigenvalue weighted by atomic mass is 19.2. The predicted molar refractivity (Wildman–Crippen MR) is 149 cm³/mol. The maximum atomic E-state index is 15.3. The summed E-state index contributed by atoms with van der Waals surface area (Å²) in [5.41, 5.74) is 0.467. The number of nitriles is 3. The van der Waals surface area contributed by atoms with Gasteiger partial charge in [-0.1, -0.05) is 36.4 Å². The fourth-order valence-corrected chi connectivity index (χ4v) is 5.81. The molecule has 10 heteroatoms. The molecule has 0 spiro atoms. The van der Waals surface area contributed by atoms with Gasteiger partial charge >= 0.3 is 0 Å². The van der Waals surface area contributed by atoms with Crippen molar-refractivity contribution in [1.29, 1.82) is 15.8 Å². The van der Waals surface area contributed by atoms with E-state index in [1.54, 1.807) is 47.0 Å². The predicted octanol–water partition coefficient (Wildman–Crippen LogP) is 8.19. The number of halogens is 5. The molecule has 0 N–H and O–H groups in total. The molecule has 0 aliphatic rings. The molecule has 0 saturated heterocycles. The third-order valence-electron chi connectivity index (χ3n) is 7.58. The third-order valence-corrected chi connectivity index (χ3v) is 7.58. The average molecular weight is 573 g/mol. The lowest BCUT2D eigenvalue weighted by atomic mass is 10.0. The van der Waals surface area contributed by atoms with Crippen molar-refractivity contribution in [2.45, 2.75) is 0 Å². The zero-order valence-corrected chi connectivity index (χ0v) is 21.6. The minimum atomic E-state index is -2.27. The van der Waals surface area contributed by atoms with Gasteiger partial charge in [0.05, 0.1) is 50.5 Å². The Bertz CT molecular complexity index is 2440. The highest BCUT2D eigenvalue weighted by molar-refractivity contribution is 6.19. The molecule has 5 nitrogen and oxygen atoms in total. The average Bonchev–Trinajstić information content (AvgIpc) is 3.53. The summed E-state index contributed by atoms with van der Waals surface area (Å²) in [4.78, 5) is 0. The number of hydrogen-bond acceptors (Lipinski definition) is 3. The van der Waals surface area contributed by atoms with Gasteiger partial charge in [-0.15, -0.1) is 0 Å². The molecular weight excluding hydrogens is 561 g/mol. The van der Waals surface area contributed by atoms with Crippen LogP contribution in [0.15, 0.2) is 72.8 Å². The molecular formula is C33H12F5N5. The van der Waals surface area contributed by atoms with Gasteiger partial charge in [-0.25, -0.2) is 22.0 Å². The summed E-state index contributed by atoms with van der Waals surface area (Å²) in [5.74, 6) is -10.4. The number of benzene rings is 5. The fourth-order valence-electron chi connectivity index (χ4n) is 5.81. The van der Waals surface area contributed by atoms with E-state index in [1.165, 1.54) is 24.3 Å². The van der Waals surface area contributed by atoms with E-state index < -0.39 is 34.8 Å². The number of hydrogen-bond donors (Lipinski definition) is 0. The van der Waals surface area contributed by atoms with Crippen LogP contribution in [0.4, 0.5) is 22.0 Å². The molecule has 0 bridgehead atoms. The Kier molecular flexibility index (Phi) is 5.49. The Hall–Kier alpha value is -6.18. The molecule has 2 heterocycles. The Morgan fingerprint density at radius 3 is 1.35 bits per heavy atom. The minimum Gasteiger partial charge on any atom is -0.307 e. The SMILES string of the molecule is N#Cc1cc(C#N)c(-n2c3ccccc3c3cc4c5ccccc5n(-c5c(F)c(F)c(F)c(F)c5F)c4cc32)c(C#N)c1. The lowest BCUT2D eigenvalue weighted by molar-refractivity contribution is 0.376. The largest absolute Gasteiger partial charge is 0.307 e. The van der Waals surface area contributed by atoms with Crippen molar-refractivity contribution < 1.29 is 22.0 Å². The lowest BCUT2D eigenvalue weighted by Crippen LogP contribution is -2.09. The topological polar surface area (TPSA) is 81.2 Å². The molecule has 7 rings (SSSR count). The van der Waals surface area contributed by atoms with Crippen LogP contribution in [0.1, 0.15) is 16.7 Å². The monoisotopic (exact) mass is 573 g/mol. The van der Waals surface area contributed by atoms with Gasteiger partial charge in [0, 0.05) is 21.5 Å². The Morgan fingerprint density at radius 1 is 0.442 bits per heavy atom. The summed E-state index contributed by atoms with van der Waals surface area (Å²) in [6.45, 7) is 0. The van der Waals surface area contributed by atoms with E-state index in [-0.39, 0.29) is 33.4 Å². The summed E-state index contributed by atoms with van der Waals surface area (Å²) in [6, 6.07) is 25.6. The van der Waals surface area contributed by atoms with Crippen LogP contribution < -0.4 is 0 Å². The summed E-state index contributed by atoms with van der Waals surface area (Å²) < 4.78 is 76.0. The van der Waals surface area contributed by atoms with Crippen molar-refractivity contribution in [2.24, 2.45) is 0 Å². The van der Waals surface area contributed by atoms with Crippen LogP contribution in [0.25, 0.3) is 55.0 Å². The van der Waals surface area contributed by atoms with Gasteiger partial charge in [0.2, 0.25) is 5.82 Å². The maximum absolute atomic E-state index is 15.3. The van der Waals surface area contributed by atoms with Crippen LogP contribution in [0.5, 0.6) is 0 Å². The molecule has 0 fully saturated rings. The molecule has 0 aliphatic carbocycles. The second-order valence-electron chi connectivity index (χ2n) is 9.77. The van der Waals surface area contributed by atoms with Gasteiger partial charge < -0.3 is 9.13 Å². The zero-order chi connectivity index (χ0) is 30.2. The summed E-state index contributed by atoms with van der Waals surface area (Å²) in [5, 5.41) is 31.8. The van der Waals surface area contributed by atoms with Crippen molar-refractivity contribution in [1.82, 2.24) is 9.13 Å². The van der Waals surface area contributed by atoms with E-state index in [4.69, 9.17) is 0 Å².